The molecule has 0 atom stereocenters. The maximum absolute atomic E-state index is 8.50. The molecular weight excluding hydrogens is 276 g/mol. The number of nitrogens with zero attached hydrogens (tertiary/aromatic N) is 1. The third-order valence-electron chi connectivity index (χ3n) is 2.81. The Morgan fingerprint density at radius 2 is 2.15 bits per heavy atom. The monoisotopic (exact) mass is 296 g/mol. The van der Waals surface area contributed by atoms with Gasteiger partial charge in [-0.15, -0.1) is 0 Å². The molecule has 1 N–H and O–H groups in total. The summed E-state index contributed by atoms with van der Waals surface area (Å²) < 4.78 is 11.2. The van der Waals surface area contributed by atoms with Crippen molar-refractivity contribution in [2.45, 2.75) is 32.7 Å². The summed E-state index contributed by atoms with van der Waals surface area (Å²) in [7, 11) is 1.60. The van der Waals surface area contributed by atoms with Crippen molar-refractivity contribution in [2.75, 3.05) is 20.3 Å². The van der Waals surface area contributed by atoms with Crippen LogP contribution in [0.1, 0.15) is 31.7 Å². The molecule has 110 valence electrons. The summed E-state index contributed by atoms with van der Waals surface area (Å²) in [5, 5.41) is 12.4. The van der Waals surface area contributed by atoms with Crippen LogP contribution >= 0.6 is 11.6 Å². The van der Waals surface area contributed by atoms with E-state index in [-0.39, 0.29) is 0 Å². The summed E-state index contributed by atoms with van der Waals surface area (Å²) in [6, 6.07) is 5.77. The van der Waals surface area contributed by atoms with Crippen LogP contribution in [0, 0.1) is 11.3 Å². The topological polar surface area (TPSA) is 54.3 Å². The van der Waals surface area contributed by atoms with E-state index >= 15 is 0 Å². The van der Waals surface area contributed by atoms with Crippen molar-refractivity contribution < 1.29 is 9.47 Å². The molecular formula is C15H21ClN2O2. The van der Waals surface area contributed by atoms with Gasteiger partial charge in [0.1, 0.15) is 0 Å². The Morgan fingerprint density at radius 1 is 1.35 bits per heavy atom. The molecule has 0 amide bonds. The predicted molar refractivity (Wildman–Crippen MR) is 80.3 cm³/mol. The van der Waals surface area contributed by atoms with Crippen LogP contribution in [0.3, 0.4) is 0 Å². The van der Waals surface area contributed by atoms with Crippen molar-refractivity contribution in [2.24, 2.45) is 0 Å². The highest BCUT2D eigenvalue weighted by molar-refractivity contribution is 6.30. The molecule has 5 heteroatoms. The first-order valence-corrected chi connectivity index (χ1v) is 7.17. The second-order valence-corrected chi connectivity index (χ2v) is 4.78. The third-order valence-corrected chi connectivity index (χ3v) is 3.03. The summed E-state index contributed by atoms with van der Waals surface area (Å²) >= 11 is 6.08. The van der Waals surface area contributed by atoms with Crippen LogP contribution in [0.5, 0.6) is 11.5 Å². The van der Waals surface area contributed by atoms with Crippen LogP contribution in [0.25, 0.3) is 0 Å². The zero-order chi connectivity index (χ0) is 14.8. The lowest BCUT2D eigenvalue weighted by molar-refractivity contribution is 0.283. The van der Waals surface area contributed by atoms with E-state index in [1.165, 1.54) is 0 Å². The van der Waals surface area contributed by atoms with Gasteiger partial charge in [-0.2, -0.15) is 5.26 Å². The van der Waals surface area contributed by atoms with Crippen LogP contribution in [-0.4, -0.2) is 20.3 Å². The van der Waals surface area contributed by atoms with Crippen molar-refractivity contribution in [1.82, 2.24) is 5.32 Å². The van der Waals surface area contributed by atoms with Gasteiger partial charge in [0.2, 0.25) is 0 Å². The molecule has 0 aromatic heterocycles. The predicted octanol–water partition coefficient (Wildman–Crippen LogP) is 3.53. The van der Waals surface area contributed by atoms with Gasteiger partial charge >= 0.3 is 0 Å². The lowest BCUT2D eigenvalue weighted by Crippen LogP contribution is -2.13. The van der Waals surface area contributed by atoms with Crippen molar-refractivity contribution in [3.8, 4) is 17.6 Å². The van der Waals surface area contributed by atoms with Crippen LogP contribution in [-0.2, 0) is 6.54 Å². The molecule has 0 saturated carbocycles. The van der Waals surface area contributed by atoms with Crippen LogP contribution in [0.4, 0.5) is 0 Å². The lowest BCUT2D eigenvalue weighted by Gasteiger charge is -2.16. The van der Waals surface area contributed by atoms with E-state index in [1.807, 2.05) is 13.0 Å². The third kappa shape index (κ3) is 5.28. The van der Waals surface area contributed by atoms with Crippen molar-refractivity contribution >= 4 is 11.6 Å². The van der Waals surface area contributed by atoms with Gasteiger partial charge in [0.05, 0.1) is 19.8 Å². The van der Waals surface area contributed by atoms with Gasteiger partial charge in [-0.25, -0.2) is 0 Å². The molecule has 0 unspecified atom stereocenters. The van der Waals surface area contributed by atoms with E-state index in [9.17, 15) is 0 Å². The number of hydrogen-bond donors (Lipinski definition) is 1. The van der Waals surface area contributed by atoms with Gasteiger partial charge in [0, 0.05) is 29.6 Å². The van der Waals surface area contributed by atoms with Crippen molar-refractivity contribution in [1.29, 1.82) is 5.26 Å². The average Bonchev–Trinajstić information content (AvgIpc) is 2.45. The highest BCUT2D eigenvalue weighted by Crippen LogP contribution is 2.34. The average molecular weight is 297 g/mol. The second kappa shape index (κ2) is 9.46. The Morgan fingerprint density at radius 3 is 2.80 bits per heavy atom. The standard InChI is InChI=1S/C15H21ClN2O2/c1-3-18-11-12-9-13(16)10-14(19-2)15(12)20-8-6-4-5-7-17/h9-10,18H,3-6,8,11H2,1-2H3. The van der Waals surface area contributed by atoms with Gasteiger partial charge in [-0.1, -0.05) is 18.5 Å². The Bertz CT molecular complexity index is 458. The first kappa shape index (κ1) is 16.6. The number of ether oxygens (including phenoxy) is 2. The summed E-state index contributed by atoms with van der Waals surface area (Å²) in [6.07, 6.45) is 2.25. The van der Waals surface area contributed by atoms with Gasteiger partial charge in [0.25, 0.3) is 0 Å². The Hall–Kier alpha value is -1.44. The number of rotatable bonds is 9. The van der Waals surface area contributed by atoms with Crippen molar-refractivity contribution in [3.63, 3.8) is 0 Å². The number of nitriles is 1. The van der Waals surface area contributed by atoms with Gasteiger partial charge in [-0.3, -0.25) is 0 Å². The first-order valence-electron chi connectivity index (χ1n) is 6.79. The summed E-state index contributed by atoms with van der Waals surface area (Å²) in [4.78, 5) is 0. The molecule has 1 aromatic carbocycles. The van der Waals surface area contributed by atoms with E-state index in [2.05, 4.69) is 11.4 Å². The molecule has 0 aliphatic carbocycles. The Balaban J connectivity index is 2.76. The minimum Gasteiger partial charge on any atom is -0.493 e. The summed E-state index contributed by atoms with van der Waals surface area (Å²) in [6.45, 7) is 4.17. The normalized spacial score (nSPS) is 10.1. The molecule has 20 heavy (non-hydrogen) atoms. The number of unbranched alkanes of at least 4 members (excludes halogenated alkanes) is 2. The summed E-state index contributed by atoms with van der Waals surface area (Å²) in [5.41, 5.74) is 0.983. The van der Waals surface area contributed by atoms with Crippen molar-refractivity contribution in [3.05, 3.63) is 22.7 Å². The summed E-state index contributed by atoms with van der Waals surface area (Å²) in [5.74, 6) is 1.38. The maximum atomic E-state index is 8.50. The number of halogens is 1. The van der Waals surface area contributed by atoms with E-state index in [0.29, 0.717) is 30.3 Å². The minimum atomic E-state index is 0.561. The molecule has 1 aromatic rings. The highest BCUT2D eigenvalue weighted by Gasteiger charge is 2.12. The smallest absolute Gasteiger partial charge is 0.165 e. The van der Waals surface area contributed by atoms with Crippen LogP contribution in [0.2, 0.25) is 5.02 Å². The van der Waals surface area contributed by atoms with Gasteiger partial charge < -0.3 is 14.8 Å². The van der Waals surface area contributed by atoms with Gasteiger partial charge in [-0.05, 0) is 25.5 Å². The van der Waals surface area contributed by atoms with Crippen LogP contribution < -0.4 is 14.8 Å². The van der Waals surface area contributed by atoms with E-state index in [1.54, 1.807) is 13.2 Å². The fourth-order valence-electron chi connectivity index (χ4n) is 1.81. The number of nitrogens with one attached hydrogen (secondary N) is 1. The molecule has 0 bridgehead atoms. The second-order valence-electron chi connectivity index (χ2n) is 4.34. The highest BCUT2D eigenvalue weighted by atomic mass is 35.5. The number of benzene rings is 1. The molecule has 4 nitrogen and oxygen atoms in total. The quantitative estimate of drug-likeness (QED) is 0.708. The number of hydrogen-bond acceptors (Lipinski definition) is 4. The molecule has 1 rings (SSSR count). The molecule has 0 fully saturated rings. The molecule has 0 radical (unpaired) electrons. The fraction of sp³-hybridized carbons (Fsp3) is 0.533. The molecule has 0 spiro atoms. The Kier molecular flexibility index (Phi) is 7.86. The van der Waals surface area contributed by atoms with E-state index < -0.39 is 0 Å². The zero-order valence-electron chi connectivity index (χ0n) is 12.0. The fourth-order valence-corrected chi connectivity index (χ4v) is 2.04. The largest absolute Gasteiger partial charge is 0.493 e. The molecule has 0 aliphatic heterocycles. The minimum absolute atomic E-state index is 0.561. The molecule has 0 saturated heterocycles. The molecule has 0 heterocycles. The number of methoxy groups -OCH3 is 1. The van der Waals surface area contributed by atoms with Crippen LogP contribution in [0.15, 0.2) is 12.1 Å². The lowest BCUT2D eigenvalue weighted by atomic mass is 10.1. The van der Waals surface area contributed by atoms with E-state index in [0.717, 1.165) is 30.7 Å². The molecule has 0 aliphatic rings. The van der Waals surface area contributed by atoms with E-state index in [4.69, 9.17) is 26.3 Å². The SMILES string of the molecule is CCNCc1cc(Cl)cc(OC)c1OCCCCC#N. The Labute approximate surface area is 125 Å². The van der Waals surface area contributed by atoms with Gasteiger partial charge in [0.15, 0.2) is 11.5 Å². The first-order chi connectivity index (χ1) is 9.72. The zero-order valence-corrected chi connectivity index (χ0v) is 12.8. The maximum Gasteiger partial charge on any atom is 0.165 e.